The van der Waals surface area contributed by atoms with Crippen LogP contribution in [0.25, 0.3) is 0 Å². The predicted octanol–water partition coefficient (Wildman–Crippen LogP) is 2.29. The van der Waals surface area contributed by atoms with Gasteiger partial charge in [-0.1, -0.05) is 33.6 Å². The van der Waals surface area contributed by atoms with Crippen molar-refractivity contribution < 1.29 is 22.7 Å². The molecule has 0 atom stereocenters. The Kier molecular flexibility index (Phi) is 7.16. The zero-order valence-corrected chi connectivity index (χ0v) is 17.8. The Balaban J connectivity index is 2.27. The Morgan fingerprint density at radius 3 is 2.61 bits per heavy atom. The molecule has 0 bridgehead atoms. The predicted molar refractivity (Wildman–Crippen MR) is 107 cm³/mol. The minimum Gasteiger partial charge on any atom is -0.481 e. The third-order valence-corrected chi connectivity index (χ3v) is 5.49. The summed E-state index contributed by atoms with van der Waals surface area (Å²) >= 11 is 8.95. The molecule has 28 heavy (non-hydrogen) atoms. The average Bonchev–Trinajstić information content (AvgIpc) is 2.60. The molecule has 0 aliphatic rings. The van der Waals surface area contributed by atoms with Crippen LogP contribution in [0.5, 0.6) is 5.88 Å². The van der Waals surface area contributed by atoms with Crippen LogP contribution < -0.4 is 20.1 Å². The number of nitrogens with zero attached hydrogens (tertiary/aromatic N) is 2. The van der Waals surface area contributed by atoms with Crippen molar-refractivity contribution in [3.8, 4) is 5.88 Å². The molecule has 10 nitrogen and oxygen atoms in total. The molecule has 1 aromatic heterocycles. The van der Waals surface area contributed by atoms with Crippen molar-refractivity contribution in [3.63, 3.8) is 0 Å². The normalized spacial score (nSPS) is 10.9. The van der Waals surface area contributed by atoms with Gasteiger partial charge in [0, 0.05) is 11.8 Å². The summed E-state index contributed by atoms with van der Waals surface area (Å²) in [6, 6.07) is 4.52. The van der Waals surface area contributed by atoms with Gasteiger partial charge in [-0.15, -0.1) is 0 Å². The van der Waals surface area contributed by atoms with Crippen molar-refractivity contribution in [3.05, 3.63) is 35.0 Å². The van der Waals surface area contributed by atoms with Crippen LogP contribution >= 0.6 is 27.5 Å². The molecular formula is C15H15BrClN5O5S. The molecule has 2 rings (SSSR count). The number of anilines is 2. The van der Waals surface area contributed by atoms with Gasteiger partial charge in [0.05, 0.1) is 23.1 Å². The summed E-state index contributed by atoms with van der Waals surface area (Å²) in [5, 5.41) is 4.36. The quantitative estimate of drug-likeness (QED) is 0.526. The Bertz CT molecular complexity index is 1020. The third-order valence-electron chi connectivity index (χ3n) is 3.12. The number of carbonyl (C=O) groups excluding carboxylic acids is 2. The highest BCUT2D eigenvalue weighted by atomic mass is 79.9. The first-order chi connectivity index (χ1) is 13.2. The lowest BCUT2D eigenvalue weighted by Gasteiger charge is -2.14. The molecule has 3 amide bonds. The van der Waals surface area contributed by atoms with Gasteiger partial charge in [0.1, 0.15) is 4.90 Å². The van der Waals surface area contributed by atoms with Crippen molar-refractivity contribution in [1.82, 2.24) is 14.7 Å². The number of ether oxygens (including phenoxy) is 1. The summed E-state index contributed by atoms with van der Waals surface area (Å²) in [5.41, 5.74) is 0.418. The highest BCUT2D eigenvalue weighted by molar-refractivity contribution is 9.09. The van der Waals surface area contributed by atoms with Gasteiger partial charge in [0.25, 0.3) is 10.0 Å². The number of aromatic nitrogens is 2. The lowest BCUT2D eigenvalue weighted by Crippen LogP contribution is -2.35. The molecule has 1 heterocycles. The van der Waals surface area contributed by atoms with Crippen LogP contribution in [0.2, 0.25) is 5.02 Å². The zero-order valence-electron chi connectivity index (χ0n) is 14.6. The molecule has 0 radical (unpaired) electrons. The topological polar surface area (TPSA) is 139 Å². The van der Waals surface area contributed by atoms with Gasteiger partial charge >= 0.3 is 6.03 Å². The van der Waals surface area contributed by atoms with Crippen molar-refractivity contribution >= 4 is 61.1 Å². The van der Waals surface area contributed by atoms with E-state index in [9.17, 15) is 18.0 Å². The maximum atomic E-state index is 12.6. The molecule has 150 valence electrons. The van der Waals surface area contributed by atoms with E-state index in [1.54, 1.807) is 11.6 Å². The second kappa shape index (κ2) is 9.17. The van der Waals surface area contributed by atoms with Gasteiger partial charge < -0.3 is 10.1 Å². The number of rotatable bonds is 6. The second-order valence-electron chi connectivity index (χ2n) is 5.23. The number of urea groups is 1. The van der Waals surface area contributed by atoms with Crippen LogP contribution in [0.1, 0.15) is 5.69 Å². The van der Waals surface area contributed by atoms with E-state index in [-0.39, 0.29) is 27.9 Å². The summed E-state index contributed by atoms with van der Waals surface area (Å²) < 4.78 is 32.1. The first kappa shape index (κ1) is 21.9. The monoisotopic (exact) mass is 491 g/mol. The SMILES string of the molecule is COc1cc(C)nc(NC(=O)NS(=O)(=O)c2c(Cl)cccc2NC(=O)CBr)n1. The van der Waals surface area contributed by atoms with Gasteiger partial charge in [-0.2, -0.15) is 4.98 Å². The number of hydrogen-bond acceptors (Lipinski definition) is 7. The molecule has 2 aromatic rings. The van der Waals surface area contributed by atoms with Crippen molar-refractivity contribution in [2.45, 2.75) is 11.8 Å². The highest BCUT2D eigenvalue weighted by Crippen LogP contribution is 2.29. The average molecular weight is 493 g/mol. The Morgan fingerprint density at radius 2 is 1.96 bits per heavy atom. The molecule has 1 aromatic carbocycles. The Morgan fingerprint density at radius 1 is 1.25 bits per heavy atom. The number of alkyl halides is 1. The van der Waals surface area contributed by atoms with Gasteiger partial charge in [-0.3, -0.25) is 10.1 Å². The van der Waals surface area contributed by atoms with Gasteiger partial charge in [0.2, 0.25) is 17.7 Å². The second-order valence-corrected chi connectivity index (χ2v) is 7.82. The van der Waals surface area contributed by atoms with Crippen molar-refractivity contribution in [1.29, 1.82) is 0 Å². The van der Waals surface area contributed by atoms with E-state index in [1.807, 2.05) is 0 Å². The molecule has 0 aliphatic heterocycles. The van der Waals surface area contributed by atoms with Crippen molar-refractivity contribution in [2.24, 2.45) is 0 Å². The third kappa shape index (κ3) is 5.53. The van der Waals surface area contributed by atoms with E-state index < -0.39 is 26.9 Å². The number of methoxy groups -OCH3 is 1. The van der Waals surface area contributed by atoms with Gasteiger partial charge in [-0.25, -0.2) is 22.9 Å². The molecule has 0 unspecified atom stereocenters. The van der Waals surface area contributed by atoms with Crippen LogP contribution in [0, 0.1) is 6.92 Å². The number of amides is 3. The minimum atomic E-state index is -4.43. The molecule has 13 heteroatoms. The molecule has 0 saturated heterocycles. The molecular weight excluding hydrogens is 478 g/mol. The van der Waals surface area contributed by atoms with Crippen LogP contribution in [0.15, 0.2) is 29.2 Å². The van der Waals surface area contributed by atoms with E-state index in [4.69, 9.17) is 16.3 Å². The first-order valence-corrected chi connectivity index (χ1v) is 10.5. The number of aryl methyl sites for hydroxylation is 1. The van der Waals surface area contributed by atoms with Crippen LogP contribution in [0.4, 0.5) is 16.4 Å². The van der Waals surface area contributed by atoms with E-state index in [0.717, 1.165) is 0 Å². The lowest BCUT2D eigenvalue weighted by atomic mass is 10.3. The molecule has 0 saturated carbocycles. The molecule has 0 aliphatic carbocycles. The van der Waals surface area contributed by atoms with E-state index in [1.165, 1.54) is 31.4 Å². The number of halogens is 2. The number of hydrogen-bond donors (Lipinski definition) is 3. The smallest absolute Gasteiger partial charge is 0.335 e. The molecule has 0 fully saturated rings. The Hall–Kier alpha value is -2.44. The maximum absolute atomic E-state index is 12.6. The fourth-order valence-electron chi connectivity index (χ4n) is 2.06. The largest absolute Gasteiger partial charge is 0.481 e. The maximum Gasteiger partial charge on any atom is 0.335 e. The van der Waals surface area contributed by atoms with Gasteiger partial charge in [-0.05, 0) is 19.1 Å². The number of benzene rings is 1. The lowest BCUT2D eigenvalue weighted by molar-refractivity contribution is -0.113. The van der Waals surface area contributed by atoms with E-state index >= 15 is 0 Å². The van der Waals surface area contributed by atoms with Crippen LogP contribution in [0.3, 0.4) is 0 Å². The van der Waals surface area contributed by atoms with Crippen LogP contribution in [-0.4, -0.2) is 42.8 Å². The summed E-state index contributed by atoms with van der Waals surface area (Å²) in [7, 11) is -3.05. The number of sulfonamides is 1. The summed E-state index contributed by atoms with van der Waals surface area (Å²) in [6.07, 6.45) is 0. The van der Waals surface area contributed by atoms with E-state index in [2.05, 4.69) is 36.5 Å². The Labute approximate surface area is 174 Å². The first-order valence-electron chi connectivity index (χ1n) is 7.54. The summed E-state index contributed by atoms with van der Waals surface area (Å²) in [6.45, 7) is 1.65. The zero-order chi connectivity index (χ0) is 20.9. The number of nitrogens with one attached hydrogen (secondary N) is 3. The van der Waals surface area contributed by atoms with Crippen molar-refractivity contribution in [2.75, 3.05) is 23.1 Å². The van der Waals surface area contributed by atoms with Gasteiger partial charge in [0.15, 0.2) is 0 Å². The summed E-state index contributed by atoms with van der Waals surface area (Å²) in [4.78, 5) is 31.2. The molecule has 0 spiro atoms. The fourth-order valence-corrected chi connectivity index (χ4v) is 3.81. The standard InChI is InChI=1S/C15H15BrClN5O5S/c1-8-6-12(27-2)20-14(18-8)21-15(24)22-28(25,26)13-9(17)4-3-5-10(13)19-11(23)7-16/h3-6H,7H2,1-2H3,(H,19,23)(H2,18,20,21,22,24). The number of carbonyl (C=O) groups is 2. The fraction of sp³-hybridized carbons (Fsp3) is 0.200. The molecule has 3 N–H and O–H groups in total. The highest BCUT2D eigenvalue weighted by Gasteiger charge is 2.25. The summed E-state index contributed by atoms with van der Waals surface area (Å²) in [5.74, 6) is -0.462. The van der Waals surface area contributed by atoms with E-state index in [0.29, 0.717) is 5.69 Å². The minimum absolute atomic E-state index is 0.0561. The van der Waals surface area contributed by atoms with Crippen LogP contribution in [-0.2, 0) is 14.8 Å².